The highest BCUT2D eigenvalue weighted by Gasteiger charge is 2.20. The molecule has 0 bridgehead atoms. The summed E-state index contributed by atoms with van der Waals surface area (Å²) in [5, 5.41) is 1.58. The number of hydrogen-bond acceptors (Lipinski definition) is 2. The van der Waals surface area contributed by atoms with E-state index >= 15 is 0 Å². The Balaban J connectivity index is 2.11. The van der Waals surface area contributed by atoms with Gasteiger partial charge in [-0.25, -0.2) is 0 Å². The lowest BCUT2D eigenvalue weighted by molar-refractivity contribution is 0.867. The molecule has 1 rings (SSSR count). The van der Waals surface area contributed by atoms with Crippen LogP contribution in [0.1, 0.15) is 12.8 Å². The van der Waals surface area contributed by atoms with Gasteiger partial charge < -0.3 is 0 Å². The van der Waals surface area contributed by atoms with Gasteiger partial charge in [0.2, 0.25) is 0 Å². The van der Waals surface area contributed by atoms with E-state index in [4.69, 9.17) is 23.2 Å². The lowest BCUT2D eigenvalue weighted by Gasteiger charge is -2.26. The Labute approximate surface area is 93.1 Å². The summed E-state index contributed by atoms with van der Waals surface area (Å²) < 4.78 is 0. The summed E-state index contributed by atoms with van der Waals surface area (Å²) in [5.41, 5.74) is 0. The summed E-state index contributed by atoms with van der Waals surface area (Å²) in [6.07, 6.45) is 2.32. The van der Waals surface area contributed by atoms with Crippen molar-refractivity contribution in [1.82, 2.24) is 0 Å². The van der Waals surface area contributed by atoms with E-state index < -0.39 is 0 Å². The molecule has 0 radical (unpaired) electrons. The normalized spacial score (nSPS) is 30.5. The van der Waals surface area contributed by atoms with Gasteiger partial charge in [0.25, 0.3) is 0 Å². The molecule has 0 spiro atoms. The molecular weight excluding hydrogens is 231 g/mol. The lowest BCUT2D eigenvalue weighted by atomic mass is 10.3. The Bertz CT molecular complexity index is 99.6. The molecule has 2 atom stereocenters. The maximum Gasteiger partial charge on any atom is 0.0234 e. The summed E-state index contributed by atoms with van der Waals surface area (Å²) in [6.45, 7) is 0. The molecule has 12 heavy (non-hydrogen) atoms. The van der Waals surface area contributed by atoms with Gasteiger partial charge in [-0.3, -0.25) is 0 Å². The van der Waals surface area contributed by atoms with Crippen LogP contribution in [0.3, 0.4) is 0 Å². The first-order chi connectivity index (χ1) is 5.86. The number of rotatable bonds is 4. The van der Waals surface area contributed by atoms with Gasteiger partial charge in [-0.2, -0.15) is 23.5 Å². The van der Waals surface area contributed by atoms with Crippen LogP contribution in [0.15, 0.2) is 0 Å². The smallest absolute Gasteiger partial charge is 0.0234 e. The highest BCUT2D eigenvalue weighted by molar-refractivity contribution is 8.07. The van der Waals surface area contributed by atoms with Crippen LogP contribution in [-0.2, 0) is 0 Å². The highest BCUT2D eigenvalue weighted by Crippen LogP contribution is 2.33. The van der Waals surface area contributed by atoms with Crippen molar-refractivity contribution < 1.29 is 0 Å². The SMILES string of the molecule is ClCCC1CSC(CCCl)CS1. The van der Waals surface area contributed by atoms with Crippen molar-refractivity contribution in [3.05, 3.63) is 0 Å². The Morgan fingerprint density at radius 3 is 1.58 bits per heavy atom. The van der Waals surface area contributed by atoms with Gasteiger partial charge in [-0.15, -0.1) is 23.2 Å². The van der Waals surface area contributed by atoms with Crippen LogP contribution in [0.4, 0.5) is 0 Å². The van der Waals surface area contributed by atoms with Gasteiger partial charge in [-0.1, -0.05) is 0 Å². The molecule has 0 aliphatic carbocycles. The monoisotopic (exact) mass is 244 g/mol. The third kappa shape index (κ3) is 3.99. The topological polar surface area (TPSA) is 0 Å². The molecule has 0 nitrogen and oxygen atoms in total. The van der Waals surface area contributed by atoms with E-state index in [0.717, 1.165) is 35.1 Å². The van der Waals surface area contributed by atoms with Gasteiger partial charge in [0.05, 0.1) is 0 Å². The summed E-state index contributed by atoms with van der Waals surface area (Å²) >= 11 is 15.5. The zero-order chi connectivity index (χ0) is 8.81. The molecule has 72 valence electrons. The van der Waals surface area contributed by atoms with Crippen molar-refractivity contribution in [2.75, 3.05) is 23.3 Å². The minimum atomic E-state index is 0.791. The first-order valence-electron chi connectivity index (χ1n) is 4.22. The molecule has 0 amide bonds. The fraction of sp³-hybridized carbons (Fsp3) is 1.00. The van der Waals surface area contributed by atoms with Crippen LogP contribution in [-0.4, -0.2) is 33.8 Å². The minimum Gasteiger partial charge on any atom is -0.157 e. The Morgan fingerprint density at radius 1 is 0.917 bits per heavy atom. The maximum atomic E-state index is 5.69. The van der Waals surface area contributed by atoms with Crippen molar-refractivity contribution in [2.45, 2.75) is 23.3 Å². The third-order valence-corrected chi connectivity index (χ3v) is 5.69. The first kappa shape index (κ1) is 11.4. The van der Waals surface area contributed by atoms with Gasteiger partial charge in [0, 0.05) is 33.8 Å². The second-order valence-corrected chi connectivity index (χ2v) is 6.29. The second-order valence-electron chi connectivity index (χ2n) is 2.87. The molecule has 0 N–H and O–H groups in total. The predicted octanol–water partition coefficient (Wildman–Crippen LogP) is 3.46. The molecule has 0 aromatic carbocycles. The standard InChI is InChI=1S/C8H14Cl2S2/c9-3-1-7-5-12-8(2-4-10)6-11-7/h7-8H,1-6H2. The zero-order valence-corrected chi connectivity index (χ0v) is 10.1. The van der Waals surface area contributed by atoms with Crippen molar-refractivity contribution >= 4 is 46.7 Å². The van der Waals surface area contributed by atoms with Crippen LogP contribution >= 0.6 is 46.7 Å². The van der Waals surface area contributed by atoms with Crippen molar-refractivity contribution in [2.24, 2.45) is 0 Å². The molecule has 0 aromatic rings. The zero-order valence-electron chi connectivity index (χ0n) is 6.97. The molecule has 1 aliphatic rings. The molecule has 2 unspecified atom stereocenters. The van der Waals surface area contributed by atoms with Crippen LogP contribution in [0.2, 0.25) is 0 Å². The Hall–Kier alpha value is 1.28. The minimum absolute atomic E-state index is 0.791. The van der Waals surface area contributed by atoms with E-state index in [1.807, 2.05) is 0 Å². The Kier molecular flexibility index (Phi) is 6.33. The average Bonchev–Trinajstić information content (AvgIpc) is 2.09. The third-order valence-electron chi connectivity index (χ3n) is 1.90. The molecule has 1 aliphatic heterocycles. The summed E-state index contributed by atoms with van der Waals surface area (Å²) in [5.74, 6) is 4.13. The molecule has 1 saturated heterocycles. The fourth-order valence-electron chi connectivity index (χ4n) is 1.16. The molecular formula is C8H14Cl2S2. The molecule has 0 aromatic heterocycles. The maximum absolute atomic E-state index is 5.69. The molecule has 0 saturated carbocycles. The van der Waals surface area contributed by atoms with E-state index in [0.29, 0.717) is 0 Å². The van der Waals surface area contributed by atoms with E-state index in [2.05, 4.69) is 23.5 Å². The lowest BCUT2D eigenvalue weighted by Crippen LogP contribution is -2.21. The van der Waals surface area contributed by atoms with Crippen molar-refractivity contribution in [3.8, 4) is 0 Å². The van der Waals surface area contributed by atoms with Gasteiger partial charge in [0.15, 0.2) is 0 Å². The van der Waals surface area contributed by atoms with Crippen molar-refractivity contribution in [3.63, 3.8) is 0 Å². The summed E-state index contributed by atoms with van der Waals surface area (Å²) in [4.78, 5) is 0. The number of thioether (sulfide) groups is 2. The van der Waals surface area contributed by atoms with Crippen LogP contribution in [0.5, 0.6) is 0 Å². The van der Waals surface area contributed by atoms with E-state index in [-0.39, 0.29) is 0 Å². The summed E-state index contributed by atoms with van der Waals surface area (Å²) in [6, 6.07) is 0. The average molecular weight is 245 g/mol. The largest absolute Gasteiger partial charge is 0.157 e. The van der Waals surface area contributed by atoms with Crippen LogP contribution in [0, 0.1) is 0 Å². The van der Waals surface area contributed by atoms with Crippen LogP contribution in [0.25, 0.3) is 0 Å². The highest BCUT2D eigenvalue weighted by atomic mass is 35.5. The van der Waals surface area contributed by atoms with Crippen LogP contribution < -0.4 is 0 Å². The number of halogens is 2. The molecule has 1 heterocycles. The van der Waals surface area contributed by atoms with Crippen molar-refractivity contribution in [1.29, 1.82) is 0 Å². The number of alkyl halides is 2. The molecule has 4 heteroatoms. The van der Waals surface area contributed by atoms with Gasteiger partial charge in [-0.05, 0) is 12.8 Å². The fourth-order valence-corrected chi connectivity index (χ4v) is 5.06. The van der Waals surface area contributed by atoms with Gasteiger partial charge >= 0.3 is 0 Å². The quantitative estimate of drug-likeness (QED) is 0.696. The Morgan fingerprint density at radius 2 is 1.33 bits per heavy atom. The van der Waals surface area contributed by atoms with E-state index in [1.165, 1.54) is 11.5 Å². The van der Waals surface area contributed by atoms with Gasteiger partial charge in [0.1, 0.15) is 0 Å². The van der Waals surface area contributed by atoms with E-state index in [9.17, 15) is 0 Å². The predicted molar refractivity (Wildman–Crippen MR) is 63.2 cm³/mol. The molecule has 1 fully saturated rings. The number of hydrogen-bond donors (Lipinski definition) is 0. The van der Waals surface area contributed by atoms with E-state index in [1.54, 1.807) is 0 Å². The first-order valence-corrected chi connectivity index (χ1v) is 7.38. The summed E-state index contributed by atoms with van der Waals surface area (Å²) in [7, 11) is 0. The second kappa shape index (κ2) is 6.69.